The number of rotatable bonds is 18. The number of amides is 1. The average molecular weight is 1010 g/mol. The maximum Gasteiger partial charge on any atom is 0.330 e. The summed E-state index contributed by atoms with van der Waals surface area (Å²) in [6.07, 6.45) is -0.436. The van der Waals surface area contributed by atoms with Crippen molar-refractivity contribution in [1.29, 1.82) is 5.26 Å². The Labute approximate surface area is 431 Å². The number of nitrogens with zero attached hydrogens (tertiary/aromatic N) is 4. The lowest BCUT2D eigenvalue weighted by Crippen LogP contribution is -2.61. The van der Waals surface area contributed by atoms with Gasteiger partial charge in [0, 0.05) is 36.0 Å². The molecule has 1 aromatic heterocycles. The third-order valence-electron chi connectivity index (χ3n) is 14.6. The molecule has 0 radical (unpaired) electrons. The number of nitriles is 1. The Balaban J connectivity index is 1.18. The molecule has 3 heterocycles. The first kappa shape index (κ1) is 50.6. The van der Waals surface area contributed by atoms with E-state index in [1.807, 2.05) is 103 Å². The van der Waals surface area contributed by atoms with Crippen molar-refractivity contribution in [1.82, 2.24) is 19.1 Å². The van der Waals surface area contributed by atoms with Gasteiger partial charge in [0.1, 0.15) is 34.8 Å². The van der Waals surface area contributed by atoms with E-state index in [2.05, 4.69) is 73.8 Å². The molecule has 2 saturated heterocycles. The van der Waals surface area contributed by atoms with Crippen LogP contribution in [0.25, 0.3) is 32.3 Å². The number of piperidine rings is 1. The van der Waals surface area contributed by atoms with Crippen molar-refractivity contribution in [2.45, 2.75) is 89.1 Å². The van der Waals surface area contributed by atoms with Gasteiger partial charge in [0.2, 0.25) is 0 Å². The fraction of sp³-hybridized carbons (Fsp3) is 0.322. The van der Waals surface area contributed by atoms with Crippen LogP contribution in [0.4, 0.5) is 0 Å². The second-order valence-electron chi connectivity index (χ2n) is 19.6. The number of nitrogens with one attached hydrogen (secondary N) is 1. The summed E-state index contributed by atoms with van der Waals surface area (Å²) in [7, 11) is 1.26. The van der Waals surface area contributed by atoms with Crippen LogP contribution >= 0.6 is 8.53 Å². The summed E-state index contributed by atoms with van der Waals surface area (Å²) < 4.78 is 44.2. The van der Waals surface area contributed by atoms with Crippen LogP contribution in [0.5, 0.6) is 11.5 Å². The van der Waals surface area contributed by atoms with Gasteiger partial charge in [-0.1, -0.05) is 103 Å². The van der Waals surface area contributed by atoms with E-state index in [4.69, 9.17) is 28.0 Å². The summed E-state index contributed by atoms with van der Waals surface area (Å²) in [5.41, 5.74) is -0.791. The van der Waals surface area contributed by atoms with Crippen LogP contribution in [0, 0.1) is 18.3 Å². The van der Waals surface area contributed by atoms with Crippen molar-refractivity contribution >= 4 is 46.8 Å². The number of H-pyrrole nitrogens is 1. The van der Waals surface area contributed by atoms with Gasteiger partial charge >= 0.3 is 5.69 Å². The van der Waals surface area contributed by atoms with Gasteiger partial charge in [-0.05, 0) is 120 Å². The van der Waals surface area contributed by atoms with Crippen LogP contribution in [0.15, 0.2) is 149 Å². The van der Waals surface area contributed by atoms with Gasteiger partial charge < -0.3 is 32.9 Å². The molecule has 0 spiro atoms. The topological polar surface area (TPSA) is 158 Å². The summed E-state index contributed by atoms with van der Waals surface area (Å²) in [4.78, 5) is 47.6. The van der Waals surface area contributed by atoms with E-state index in [1.165, 1.54) is 10.8 Å². The number of ether oxygens (including phenoxy) is 4. The van der Waals surface area contributed by atoms with Crippen molar-refractivity contribution in [3.8, 4) is 17.6 Å². The number of methoxy groups -OCH3 is 2. The third-order valence-corrected chi connectivity index (χ3v) is 16.7. The summed E-state index contributed by atoms with van der Waals surface area (Å²) in [6, 6.07) is 44.8. The lowest BCUT2D eigenvalue weighted by atomic mass is 9.79. The zero-order chi connectivity index (χ0) is 51.9. The zero-order valence-electron chi connectivity index (χ0n) is 42.6. The average Bonchev–Trinajstić information content (AvgIpc) is 3.62. The van der Waals surface area contributed by atoms with Gasteiger partial charge in [-0.2, -0.15) is 5.26 Å². The van der Waals surface area contributed by atoms with Gasteiger partial charge in [-0.3, -0.25) is 19.1 Å². The summed E-state index contributed by atoms with van der Waals surface area (Å²) >= 11 is 0. The molecule has 2 aliphatic heterocycles. The van der Waals surface area contributed by atoms with E-state index in [0.717, 1.165) is 49.0 Å². The maximum absolute atomic E-state index is 15.9. The Hall–Kier alpha value is -6.95. The normalized spacial score (nSPS) is 19.3. The van der Waals surface area contributed by atoms with Crippen LogP contribution < -0.4 is 20.7 Å². The molecular formula is C59H60N5O9P. The van der Waals surface area contributed by atoms with E-state index >= 15 is 4.79 Å². The van der Waals surface area contributed by atoms with Gasteiger partial charge in [0.25, 0.3) is 20.0 Å². The van der Waals surface area contributed by atoms with Crippen molar-refractivity contribution in [3.63, 3.8) is 0 Å². The second kappa shape index (κ2) is 20.8. The highest BCUT2D eigenvalue weighted by atomic mass is 31.2. The number of aromatic nitrogens is 2. The minimum Gasteiger partial charge on any atom is -0.497 e. The predicted octanol–water partition coefficient (Wildman–Crippen LogP) is 10.6. The van der Waals surface area contributed by atoms with Crippen molar-refractivity contribution in [2.24, 2.45) is 0 Å². The number of carbonyl (C=O) groups excluding carboxylic acids is 1. The van der Waals surface area contributed by atoms with Crippen LogP contribution in [0.1, 0.15) is 79.4 Å². The van der Waals surface area contributed by atoms with Gasteiger partial charge in [0.15, 0.2) is 6.23 Å². The molecule has 0 saturated carbocycles. The first-order valence-corrected chi connectivity index (χ1v) is 26.2. The monoisotopic (exact) mass is 1010 g/mol. The van der Waals surface area contributed by atoms with E-state index < -0.39 is 49.4 Å². The van der Waals surface area contributed by atoms with Gasteiger partial charge in [0.05, 0.1) is 39.9 Å². The standard InChI is InChI=1S/C59H60N5O9P/c1-37(2)64(38(3)4)74(71-34-12-32-60)73-53-52-56(63-35-39(5)54(65)61-57(63)67)72-58(53,31-33-62(52)55(66)49-30-20-42-18-17-40-13-11-14-41-19-29-48(49)51(42)50(40)41)36-70-59(43-15-9-8-10-16-43,44-21-25-46(68-6)26-22-44)45-23-27-47(69-7)28-24-45/h8-11,13-30,35,37-38,52-53,56H,12,31,33-34,36H2,1-7H3,(H,61,65,67)/t52?,53-,56+,58+,74?/m0/s1. The molecule has 10 rings (SSSR count). The molecule has 7 aromatic carbocycles. The Bertz CT molecular complexity index is 3400. The Kier molecular flexibility index (Phi) is 14.2. The Morgan fingerprint density at radius 1 is 0.811 bits per heavy atom. The number of carbonyl (C=O) groups is 1. The lowest BCUT2D eigenvalue weighted by molar-refractivity contribution is -0.162. The SMILES string of the molecule is COc1ccc(C(OC[C@@]23CCN(C(=O)c4ccc5ccc6cccc7ccc4c5c67)C([C@H](n4cc(C)c(=O)[nH]c4=O)O2)[C@@H]3OP(OCCC#N)N(C(C)C)C(C)C)(c2ccccc2)c2ccc(OC)cc2)cc1. The molecule has 74 heavy (non-hydrogen) atoms. The maximum atomic E-state index is 15.9. The summed E-state index contributed by atoms with van der Waals surface area (Å²) in [5.74, 6) is 1.04. The number of aryl methyl sites for hydroxylation is 1. The molecule has 0 aliphatic carbocycles. The fourth-order valence-electron chi connectivity index (χ4n) is 11.2. The number of hydrogen-bond donors (Lipinski definition) is 1. The molecule has 1 amide bonds. The fourth-order valence-corrected chi connectivity index (χ4v) is 13.0. The highest BCUT2D eigenvalue weighted by Gasteiger charge is 2.64. The molecule has 5 atom stereocenters. The van der Waals surface area contributed by atoms with Crippen LogP contribution in [0.3, 0.4) is 0 Å². The van der Waals surface area contributed by atoms with Crippen molar-refractivity contribution in [3.05, 3.63) is 188 Å². The highest BCUT2D eigenvalue weighted by Crippen LogP contribution is 2.57. The van der Waals surface area contributed by atoms with Crippen LogP contribution in [-0.2, 0) is 24.1 Å². The van der Waals surface area contributed by atoms with Gasteiger partial charge in [-0.25, -0.2) is 9.46 Å². The van der Waals surface area contributed by atoms with E-state index in [1.54, 1.807) is 26.0 Å². The Morgan fingerprint density at radius 2 is 1.41 bits per heavy atom. The molecule has 1 N–H and O–H groups in total. The van der Waals surface area contributed by atoms with Gasteiger partial charge in [-0.15, -0.1) is 0 Å². The number of benzene rings is 7. The molecule has 2 unspecified atom stereocenters. The number of fused-ring (bicyclic) bond motifs is 2. The van der Waals surface area contributed by atoms with E-state index in [0.29, 0.717) is 17.1 Å². The van der Waals surface area contributed by atoms with Crippen LogP contribution in [0.2, 0.25) is 0 Å². The molecule has 2 fully saturated rings. The highest BCUT2D eigenvalue weighted by molar-refractivity contribution is 7.44. The van der Waals surface area contributed by atoms with Crippen LogP contribution in [-0.4, -0.2) is 88.8 Å². The first-order chi connectivity index (χ1) is 35.8. The number of hydrogen-bond acceptors (Lipinski definition) is 11. The van der Waals surface area contributed by atoms with Crippen molar-refractivity contribution in [2.75, 3.05) is 34.0 Å². The smallest absolute Gasteiger partial charge is 0.330 e. The number of likely N-dealkylation sites (tertiary alicyclic amines) is 1. The van der Waals surface area contributed by atoms with Crippen molar-refractivity contribution < 1.29 is 32.8 Å². The Morgan fingerprint density at radius 3 is 2.01 bits per heavy atom. The summed E-state index contributed by atoms with van der Waals surface area (Å²) in [6.45, 7) is 10.00. The molecule has 2 bridgehead atoms. The molecule has 15 heteroatoms. The minimum absolute atomic E-state index is 0.0800. The largest absolute Gasteiger partial charge is 0.497 e. The molecule has 14 nitrogen and oxygen atoms in total. The molecule has 8 aromatic rings. The van der Waals surface area contributed by atoms with E-state index in [9.17, 15) is 14.9 Å². The lowest BCUT2D eigenvalue weighted by Gasteiger charge is -2.47. The third kappa shape index (κ3) is 8.91. The van der Waals surface area contributed by atoms with E-state index in [-0.39, 0.29) is 56.2 Å². The number of aromatic amines is 1. The predicted molar refractivity (Wildman–Crippen MR) is 287 cm³/mol. The second-order valence-corrected chi connectivity index (χ2v) is 21.0. The first-order valence-electron chi connectivity index (χ1n) is 25.0. The molecular weight excluding hydrogens is 954 g/mol. The quantitative estimate of drug-likeness (QED) is 0.0377. The minimum atomic E-state index is -1.98. The molecule has 380 valence electrons. The molecule has 2 aliphatic rings. The zero-order valence-corrected chi connectivity index (χ0v) is 43.5. The summed E-state index contributed by atoms with van der Waals surface area (Å²) in [5, 5.41) is 15.7.